The average molecular weight is 389 g/mol. The monoisotopic (exact) mass is 388 g/mol. The van der Waals surface area contributed by atoms with Gasteiger partial charge in [0.05, 0.1) is 12.0 Å². The third-order valence-electron chi connectivity index (χ3n) is 4.56. The molecule has 0 radical (unpaired) electrons. The zero-order valence-electron chi connectivity index (χ0n) is 13.7. The molecule has 8 heteroatoms. The minimum absolute atomic E-state index is 0. The molecular formula is C17H23Cl2FN4O. The van der Waals surface area contributed by atoms with Crippen molar-refractivity contribution < 1.29 is 9.18 Å². The number of rotatable bonds is 5. The Morgan fingerprint density at radius 3 is 2.80 bits per heavy atom. The van der Waals surface area contributed by atoms with Gasteiger partial charge in [-0.1, -0.05) is 12.5 Å². The average Bonchev–Trinajstić information content (AvgIpc) is 3.23. The maximum atomic E-state index is 14.2. The van der Waals surface area contributed by atoms with Crippen molar-refractivity contribution in [3.63, 3.8) is 0 Å². The van der Waals surface area contributed by atoms with E-state index in [1.54, 1.807) is 29.4 Å². The van der Waals surface area contributed by atoms with Gasteiger partial charge in [0, 0.05) is 24.9 Å². The predicted octanol–water partition coefficient (Wildman–Crippen LogP) is 2.85. The van der Waals surface area contributed by atoms with E-state index in [0.717, 1.165) is 24.8 Å². The maximum Gasteiger partial charge on any atom is 0.223 e. The van der Waals surface area contributed by atoms with Gasteiger partial charge in [0.25, 0.3) is 0 Å². The number of aromatic nitrogens is 2. The molecule has 2 aromatic rings. The van der Waals surface area contributed by atoms with Crippen LogP contribution >= 0.6 is 24.8 Å². The molecule has 2 atom stereocenters. The van der Waals surface area contributed by atoms with Crippen molar-refractivity contribution in [3.05, 3.63) is 48.3 Å². The van der Waals surface area contributed by atoms with Gasteiger partial charge in [0.15, 0.2) is 0 Å². The first-order valence-corrected chi connectivity index (χ1v) is 7.93. The Balaban J connectivity index is 0.00000156. The normalized spacial score (nSPS) is 19.0. The Kier molecular flexibility index (Phi) is 8.35. The van der Waals surface area contributed by atoms with Crippen LogP contribution in [-0.2, 0) is 11.3 Å². The van der Waals surface area contributed by atoms with Gasteiger partial charge in [-0.25, -0.2) is 9.37 Å². The standard InChI is InChI=1S/C17H21FN4O.2ClH/c18-15-8-12(4-5-16(15)22-7-6-20-11-22)10-21-17(23)14-3-1-2-13(14)9-19;;/h4-8,11,13-14H,1-3,9-10,19H2,(H,21,23);2*1H/t13-,14-;;/m1../s1. The molecule has 0 spiro atoms. The zero-order chi connectivity index (χ0) is 16.2. The van der Waals surface area contributed by atoms with Gasteiger partial charge in [-0.05, 0) is 43.0 Å². The highest BCUT2D eigenvalue weighted by Gasteiger charge is 2.31. The number of nitrogens with zero attached hydrogens (tertiary/aromatic N) is 2. The van der Waals surface area contributed by atoms with Crippen molar-refractivity contribution in [2.24, 2.45) is 17.6 Å². The first-order chi connectivity index (χ1) is 11.2. The Labute approximate surface area is 159 Å². The highest BCUT2D eigenvalue weighted by molar-refractivity contribution is 5.85. The van der Waals surface area contributed by atoms with Crippen molar-refractivity contribution >= 4 is 30.7 Å². The first kappa shape index (κ1) is 21.4. The fourth-order valence-corrected chi connectivity index (χ4v) is 3.26. The summed E-state index contributed by atoms with van der Waals surface area (Å²) in [6.45, 7) is 0.875. The Morgan fingerprint density at radius 2 is 2.16 bits per heavy atom. The van der Waals surface area contributed by atoms with Crippen LogP contribution in [0.25, 0.3) is 5.69 Å². The van der Waals surface area contributed by atoms with E-state index in [0.29, 0.717) is 18.8 Å². The molecule has 0 aliphatic heterocycles. The minimum Gasteiger partial charge on any atom is -0.352 e. The van der Waals surface area contributed by atoms with Crippen molar-refractivity contribution in [1.82, 2.24) is 14.9 Å². The minimum atomic E-state index is -0.338. The molecule has 5 nitrogen and oxygen atoms in total. The molecule has 0 bridgehead atoms. The Bertz CT molecular complexity index is 681. The van der Waals surface area contributed by atoms with Gasteiger partial charge >= 0.3 is 0 Å². The second-order valence-corrected chi connectivity index (χ2v) is 6.01. The summed E-state index contributed by atoms with van der Waals surface area (Å²) in [4.78, 5) is 16.2. The van der Waals surface area contributed by atoms with Gasteiger partial charge in [0.1, 0.15) is 5.82 Å². The molecule has 0 saturated heterocycles. The molecule has 1 aromatic heterocycles. The molecule has 1 fully saturated rings. The molecule has 1 amide bonds. The molecule has 0 unspecified atom stereocenters. The number of nitrogens with one attached hydrogen (secondary N) is 1. The summed E-state index contributed by atoms with van der Waals surface area (Å²) in [6, 6.07) is 4.95. The highest BCUT2D eigenvalue weighted by Crippen LogP contribution is 2.31. The molecule has 1 heterocycles. The smallest absolute Gasteiger partial charge is 0.223 e. The van der Waals surface area contributed by atoms with E-state index in [4.69, 9.17) is 5.73 Å². The largest absolute Gasteiger partial charge is 0.352 e. The summed E-state index contributed by atoms with van der Waals surface area (Å²) < 4.78 is 15.8. The van der Waals surface area contributed by atoms with E-state index in [-0.39, 0.29) is 48.4 Å². The summed E-state index contributed by atoms with van der Waals surface area (Å²) >= 11 is 0. The summed E-state index contributed by atoms with van der Waals surface area (Å²) in [5.41, 5.74) is 6.89. The van der Waals surface area contributed by atoms with Crippen molar-refractivity contribution in [1.29, 1.82) is 0 Å². The zero-order valence-corrected chi connectivity index (χ0v) is 15.4. The third kappa shape index (κ3) is 4.93. The summed E-state index contributed by atoms with van der Waals surface area (Å²) in [7, 11) is 0. The summed E-state index contributed by atoms with van der Waals surface area (Å²) in [5, 5.41) is 2.91. The molecule has 1 aliphatic carbocycles. The van der Waals surface area contributed by atoms with E-state index >= 15 is 0 Å². The molecule has 1 aliphatic rings. The van der Waals surface area contributed by atoms with Crippen LogP contribution in [0.5, 0.6) is 0 Å². The van der Waals surface area contributed by atoms with Crippen LogP contribution in [-0.4, -0.2) is 22.0 Å². The molecule has 1 aromatic carbocycles. The van der Waals surface area contributed by atoms with Gasteiger partial charge in [-0.3, -0.25) is 4.79 Å². The SMILES string of the molecule is Cl.Cl.NC[C@H]1CCC[C@H]1C(=O)NCc1ccc(-n2ccnc2)c(F)c1. The number of amides is 1. The second kappa shape index (κ2) is 9.75. The lowest BCUT2D eigenvalue weighted by atomic mass is 9.95. The first-order valence-electron chi connectivity index (χ1n) is 7.93. The van der Waals surface area contributed by atoms with Crippen LogP contribution in [0.2, 0.25) is 0 Å². The lowest BCUT2D eigenvalue weighted by Crippen LogP contribution is -2.34. The second-order valence-electron chi connectivity index (χ2n) is 6.01. The predicted molar refractivity (Wildman–Crippen MR) is 99.8 cm³/mol. The number of hydrogen-bond acceptors (Lipinski definition) is 3. The van der Waals surface area contributed by atoms with Crippen LogP contribution < -0.4 is 11.1 Å². The van der Waals surface area contributed by atoms with Crippen LogP contribution in [0.3, 0.4) is 0 Å². The number of carbonyl (C=O) groups is 1. The van der Waals surface area contributed by atoms with Crippen LogP contribution in [0, 0.1) is 17.7 Å². The molecule has 25 heavy (non-hydrogen) atoms. The van der Waals surface area contributed by atoms with E-state index in [1.165, 1.54) is 6.07 Å². The lowest BCUT2D eigenvalue weighted by molar-refractivity contribution is -0.126. The van der Waals surface area contributed by atoms with Crippen molar-refractivity contribution in [2.75, 3.05) is 6.54 Å². The van der Waals surface area contributed by atoms with E-state index in [9.17, 15) is 9.18 Å². The maximum absolute atomic E-state index is 14.2. The number of imidazole rings is 1. The molecule has 1 saturated carbocycles. The molecule has 3 N–H and O–H groups in total. The van der Waals surface area contributed by atoms with Crippen LogP contribution in [0.15, 0.2) is 36.9 Å². The number of hydrogen-bond donors (Lipinski definition) is 2. The Hall–Kier alpha value is -1.63. The number of carbonyl (C=O) groups excluding carboxylic acids is 1. The highest BCUT2D eigenvalue weighted by atomic mass is 35.5. The number of nitrogens with two attached hydrogens (primary N) is 1. The fraction of sp³-hybridized carbons (Fsp3) is 0.412. The Morgan fingerprint density at radius 1 is 1.36 bits per heavy atom. The lowest BCUT2D eigenvalue weighted by Gasteiger charge is -2.17. The number of halogens is 3. The van der Waals surface area contributed by atoms with Gasteiger partial charge < -0.3 is 15.6 Å². The summed E-state index contributed by atoms with van der Waals surface area (Å²) in [5.74, 6) is -0.0436. The number of benzene rings is 1. The van der Waals surface area contributed by atoms with E-state index in [1.807, 2.05) is 6.07 Å². The third-order valence-corrected chi connectivity index (χ3v) is 4.56. The fourth-order valence-electron chi connectivity index (χ4n) is 3.26. The quantitative estimate of drug-likeness (QED) is 0.826. The van der Waals surface area contributed by atoms with Gasteiger partial charge in [-0.15, -0.1) is 24.8 Å². The van der Waals surface area contributed by atoms with E-state index in [2.05, 4.69) is 10.3 Å². The molecule has 3 rings (SSSR count). The molecular weight excluding hydrogens is 366 g/mol. The van der Waals surface area contributed by atoms with E-state index < -0.39 is 0 Å². The van der Waals surface area contributed by atoms with Crippen LogP contribution in [0.4, 0.5) is 4.39 Å². The van der Waals surface area contributed by atoms with Crippen molar-refractivity contribution in [3.8, 4) is 5.69 Å². The van der Waals surface area contributed by atoms with Crippen LogP contribution in [0.1, 0.15) is 24.8 Å². The molecule has 138 valence electrons. The topological polar surface area (TPSA) is 72.9 Å². The summed E-state index contributed by atoms with van der Waals surface area (Å²) in [6.07, 6.45) is 7.79. The van der Waals surface area contributed by atoms with Gasteiger partial charge in [-0.2, -0.15) is 0 Å². The van der Waals surface area contributed by atoms with Crippen molar-refractivity contribution in [2.45, 2.75) is 25.8 Å². The van der Waals surface area contributed by atoms with Gasteiger partial charge in [0.2, 0.25) is 5.91 Å².